The molecule has 0 bridgehead atoms. The van der Waals surface area contributed by atoms with Gasteiger partial charge in [0, 0.05) is 12.6 Å². The van der Waals surface area contributed by atoms with Crippen LogP contribution in [0.15, 0.2) is 16.9 Å². The third-order valence-electron chi connectivity index (χ3n) is 4.02. The molecule has 1 fully saturated rings. The average Bonchev–Trinajstić information content (AvgIpc) is 2.41. The molecule has 0 radical (unpaired) electrons. The number of carbonyl (C=O) groups is 1. The predicted molar refractivity (Wildman–Crippen MR) is 74.4 cm³/mol. The normalized spacial score (nSPS) is 20.4. The van der Waals surface area contributed by atoms with Gasteiger partial charge < -0.3 is 10.4 Å². The van der Waals surface area contributed by atoms with E-state index in [9.17, 15) is 14.7 Å². The molecule has 1 heterocycles. The smallest absolute Gasteiger partial charge is 0.271 e. The summed E-state index contributed by atoms with van der Waals surface area (Å²) in [6, 6.07) is 2.61. The van der Waals surface area contributed by atoms with E-state index >= 15 is 0 Å². The molecule has 0 saturated heterocycles. The third kappa shape index (κ3) is 3.66. The van der Waals surface area contributed by atoms with Crippen LogP contribution in [0.2, 0.25) is 0 Å². The van der Waals surface area contributed by atoms with Gasteiger partial charge in [-0.05, 0) is 37.2 Å². The van der Waals surface area contributed by atoms with Gasteiger partial charge in [0.05, 0.1) is 5.60 Å². The molecule has 110 valence electrons. The zero-order valence-corrected chi connectivity index (χ0v) is 11.9. The number of hydrogen-bond donors (Lipinski definition) is 3. The van der Waals surface area contributed by atoms with Gasteiger partial charge in [-0.25, -0.2) is 5.10 Å². The Morgan fingerprint density at radius 3 is 2.55 bits per heavy atom. The zero-order valence-electron chi connectivity index (χ0n) is 11.9. The fourth-order valence-electron chi connectivity index (χ4n) is 2.38. The minimum Gasteiger partial charge on any atom is -0.388 e. The molecule has 1 aliphatic carbocycles. The quantitative estimate of drug-likeness (QED) is 0.763. The second-order valence-corrected chi connectivity index (χ2v) is 6.38. The molecule has 1 aromatic rings. The lowest BCUT2D eigenvalue weighted by atomic mass is 9.71. The zero-order chi connectivity index (χ0) is 14.8. The van der Waals surface area contributed by atoms with Crippen molar-refractivity contribution in [2.75, 3.05) is 6.54 Å². The van der Waals surface area contributed by atoms with E-state index in [2.05, 4.69) is 29.4 Å². The number of aromatic amines is 1. The minimum atomic E-state index is -0.840. The first-order valence-electron chi connectivity index (χ1n) is 6.86. The number of H-pyrrole nitrogens is 1. The molecule has 0 aliphatic heterocycles. The van der Waals surface area contributed by atoms with Crippen molar-refractivity contribution in [1.82, 2.24) is 15.5 Å². The van der Waals surface area contributed by atoms with Crippen molar-refractivity contribution in [3.05, 3.63) is 28.2 Å². The summed E-state index contributed by atoms with van der Waals surface area (Å²) < 4.78 is 0. The van der Waals surface area contributed by atoms with Crippen LogP contribution in [0.5, 0.6) is 0 Å². The minimum absolute atomic E-state index is 0.143. The van der Waals surface area contributed by atoms with E-state index in [1.54, 1.807) is 0 Å². The first kappa shape index (κ1) is 14.7. The molecule has 0 unspecified atom stereocenters. The Kier molecular flexibility index (Phi) is 3.94. The van der Waals surface area contributed by atoms with E-state index in [1.165, 1.54) is 12.1 Å². The van der Waals surface area contributed by atoms with Gasteiger partial charge >= 0.3 is 0 Å². The summed E-state index contributed by atoms with van der Waals surface area (Å²) in [4.78, 5) is 22.7. The number of aliphatic hydroxyl groups is 1. The molecule has 1 aliphatic rings. The summed E-state index contributed by atoms with van der Waals surface area (Å²) in [5, 5.41) is 19.0. The lowest BCUT2D eigenvalue weighted by molar-refractivity contribution is -0.0233. The van der Waals surface area contributed by atoms with Crippen LogP contribution in [0.4, 0.5) is 0 Å². The highest BCUT2D eigenvalue weighted by molar-refractivity contribution is 5.92. The van der Waals surface area contributed by atoms with Crippen molar-refractivity contribution >= 4 is 5.91 Å². The van der Waals surface area contributed by atoms with Gasteiger partial charge in [-0.15, -0.1) is 0 Å². The molecule has 0 aromatic carbocycles. The standard InChI is InChI=1S/C14H21N3O3/c1-13(2)5-7-14(20,8-6-13)9-15-12(19)10-3-4-11(18)17-16-10/h3-4,20H,5-9H2,1-2H3,(H,15,19)(H,17,18). The molecule has 3 N–H and O–H groups in total. The molecule has 1 amide bonds. The summed E-state index contributed by atoms with van der Waals surface area (Å²) in [5.74, 6) is -0.389. The Labute approximate surface area is 117 Å². The fourth-order valence-corrected chi connectivity index (χ4v) is 2.38. The summed E-state index contributed by atoms with van der Waals surface area (Å²) >= 11 is 0. The number of aromatic nitrogens is 2. The largest absolute Gasteiger partial charge is 0.388 e. The molecular weight excluding hydrogens is 258 g/mol. The van der Waals surface area contributed by atoms with Crippen molar-refractivity contribution in [1.29, 1.82) is 0 Å². The van der Waals surface area contributed by atoms with E-state index < -0.39 is 5.60 Å². The van der Waals surface area contributed by atoms with Crippen LogP contribution >= 0.6 is 0 Å². The molecule has 20 heavy (non-hydrogen) atoms. The second kappa shape index (κ2) is 5.36. The van der Waals surface area contributed by atoms with Gasteiger partial charge in [-0.3, -0.25) is 9.59 Å². The monoisotopic (exact) mass is 279 g/mol. The van der Waals surface area contributed by atoms with E-state index in [0.717, 1.165) is 12.8 Å². The van der Waals surface area contributed by atoms with E-state index in [1.807, 2.05) is 0 Å². The summed E-state index contributed by atoms with van der Waals surface area (Å²) in [6.45, 7) is 4.59. The Bertz CT molecular complexity index is 520. The van der Waals surface area contributed by atoms with Crippen LogP contribution < -0.4 is 10.9 Å². The van der Waals surface area contributed by atoms with E-state index in [4.69, 9.17) is 0 Å². The van der Waals surface area contributed by atoms with Crippen molar-refractivity contribution in [2.24, 2.45) is 5.41 Å². The topological polar surface area (TPSA) is 95.1 Å². The molecule has 0 spiro atoms. The average molecular weight is 279 g/mol. The van der Waals surface area contributed by atoms with Crippen molar-refractivity contribution < 1.29 is 9.90 Å². The third-order valence-corrected chi connectivity index (χ3v) is 4.02. The Hall–Kier alpha value is -1.69. The highest BCUT2D eigenvalue weighted by Crippen LogP contribution is 2.39. The van der Waals surface area contributed by atoms with E-state index in [0.29, 0.717) is 12.8 Å². The molecule has 6 heteroatoms. The number of rotatable bonds is 3. The molecule has 6 nitrogen and oxygen atoms in total. The van der Waals surface area contributed by atoms with Crippen LogP contribution in [-0.4, -0.2) is 33.4 Å². The van der Waals surface area contributed by atoms with Crippen LogP contribution in [0, 0.1) is 5.41 Å². The second-order valence-electron chi connectivity index (χ2n) is 6.38. The predicted octanol–water partition coefficient (Wildman–Crippen LogP) is 0.831. The summed E-state index contributed by atoms with van der Waals surface area (Å²) in [5.41, 5.74) is -0.789. The summed E-state index contributed by atoms with van der Waals surface area (Å²) in [7, 11) is 0. The maximum absolute atomic E-state index is 11.9. The van der Waals surface area contributed by atoms with Gasteiger partial charge in [0.2, 0.25) is 0 Å². The molecule has 2 rings (SSSR count). The van der Waals surface area contributed by atoms with Crippen molar-refractivity contribution in [3.63, 3.8) is 0 Å². The Balaban J connectivity index is 1.90. The molecule has 1 aromatic heterocycles. The molecule has 1 saturated carbocycles. The Morgan fingerprint density at radius 2 is 2.00 bits per heavy atom. The number of carbonyl (C=O) groups excluding carboxylic acids is 1. The van der Waals surface area contributed by atoms with Gasteiger partial charge in [-0.1, -0.05) is 13.8 Å². The van der Waals surface area contributed by atoms with Crippen LogP contribution in [0.3, 0.4) is 0 Å². The lowest BCUT2D eigenvalue weighted by Gasteiger charge is -2.40. The van der Waals surface area contributed by atoms with Crippen LogP contribution in [0.1, 0.15) is 50.0 Å². The van der Waals surface area contributed by atoms with E-state index in [-0.39, 0.29) is 29.1 Å². The van der Waals surface area contributed by atoms with Crippen molar-refractivity contribution in [2.45, 2.75) is 45.1 Å². The van der Waals surface area contributed by atoms with Gasteiger partial charge in [0.15, 0.2) is 0 Å². The van der Waals surface area contributed by atoms with Gasteiger partial charge in [0.1, 0.15) is 5.69 Å². The van der Waals surface area contributed by atoms with Gasteiger partial charge in [0.25, 0.3) is 11.5 Å². The number of amides is 1. The number of nitrogens with one attached hydrogen (secondary N) is 2. The number of hydrogen-bond acceptors (Lipinski definition) is 4. The SMILES string of the molecule is CC1(C)CCC(O)(CNC(=O)c2ccc(=O)[nH]n2)CC1. The maximum atomic E-state index is 11.9. The van der Waals surface area contributed by atoms with Crippen LogP contribution in [-0.2, 0) is 0 Å². The Morgan fingerprint density at radius 1 is 1.35 bits per heavy atom. The van der Waals surface area contributed by atoms with Gasteiger partial charge in [-0.2, -0.15) is 5.10 Å². The molecular formula is C14H21N3O3. The van der Waals surface area contributed by atoms with Crippen LogP contribution in [0.25, 0.3) is 0 Å². The van der Waals surface area contributed by atoms with Crippen molar-refractivity contribution in [3.8, 4) is 0 Å². The first-order valence-corrected chi connectivity index (χ1v) is 6.86. The number of nitrogens with zero attached hydrogens (tertiary/aromatic N) is 1. The lowest BCUT2D eigenvalue weighted by Crippen LogP contribution is -2.46. The summed E-state index contributed by atoms with van der Waals surface area (Å²) in [6.07, 6.45) is 3.24. The molecule has 0 atom stereocenters. The fraction of sp³-hybridized carbons (Fsp3) is 0.643. The first-order chi connectivity index (χ1) is 9.30. The highest BCUT2D eigenvalue weighted by Gasteiger charge is 2.36. The highest BCUT2D eigenvalue weighted by atomic mass is 16.3. The maximum Gasteiger partial charge on any atom is 0.271 e.